The number of methoxy groups -OCH3 is 1. The molecule has 0 radical (unpaired) electrons. The van der Waals surface area contributed by atoms with Crippen LogP contribution in [0.15, 0.2) is 72.1 Å². The molecule has 0 fully saturated rings. The monoisotopic (exact) mass is 436 g/mol. The van der Waals surface area contributed by atoms with Crippen LogP contribution in [0, 0.1) is 5.82 Å². The van der Waals surface area contributed by atoms with E-state index in [0.717, 1.165) is 4.88 Å². The van der Waals surface area contributed by atoms with Crippen LogP contribution in [-0.4, -0.2) is 33.8 Å². The highest BCUT2D eigenvalue weighted by Gasteiger charge is 2.27. The van der Waals surface area contributed by atoms with E-state index in [9.17, 15) is 14.0 Å². The number of hydrogen-bond acceptors (Lipinski definition) is 6. The Hall–Kier alpha value is -3.85. The van der Waals surface area contributed by atoms with Crippen LogP contribution < -0.4 is 5.32 Å². The number of halogens is 1. The molecular weight excluding hydrogens is 419 g/mol. The first-order valence-corrected chi connectivity index (χ1v) is 10.2. The second kappa shape index (κ2) is 8.88. The van der Waals surface area contributed by atoms with E-state index in [0.29, 0.717) is 17.1 Å². The SMILES string of the molecule is COC(=O)C(NC(=O)c1nc(-c2cccs2)n(-c2cccc(F)c2)n1)c1ccccc1. The summed E-state index contributed by atoms with van der Waals surface area (Å²) in [5, 5.41) is 8.78. The van der Waals surface area contributed by atoms with Crippen LogP contribution in [0.3, 0.4) is 0 Å². The van der Waals surface area contributed by atoms with Crippen molar-refractivity contribution >= 4 is 23.2 Å². The lowest BCUT2D eigenvalue weighted by Crippen LogP contribution is -2.35. The quantitative estimate of drug-likeness (QED) is 0.465. The highest BCUT2D eigenvalue weighted by atomic mass is 32.1. The third kappa shape index (κ3) is 4.36. The lowest BCUT2D eigenvalue weighted by Gasteiger charge is -2.15. The molecule has 0 saturated heterocycles. The first-order chi connectivity index (χ1) is 15.1. The summed E-state index contributed by atoms with van der Waals surface area (Å²) in [6.07, 6.45) is 0. The van der Waals surface area contributed by atoms with E-state index >= 15 is 0 Å². The molecule has 1 unspecified atom stereocenters. The van der Waals surface area contributed by atoms with Gasteiger partial charge in [-0.3, -0.25) is 4.79 Å². The Morgan fingerprint density at radius 2 is 1.90 bits per heavy atom. The molecule has 2 aromatic carbocycles. The molecule has 9 heteroatoms. The van der Waals surface area contributed by atoms with Crippen LogP contribution in [-0.2, 0) is 9.53 Å². The smallest absolute Gasteiger partial charge is 0.333 e. The maximum atomic E-state index is 13.8. The van der Waals surface area contributed by atoms with E-state index in [-0.39, 0.29) is 5.82 Å². The number of hydrogen-bond donors (Lipinski definition) is 1. The largest absolute Gasteiger partial charge is 0.467 e. The van der Waals surface area contributed by atoms with Crippen LogP contribution in [0.1, 0.15) is 22.2 Å². The summed E-state index contributed by atoms with van der Waals surface area (Å²) < 4.78 is 20.0. The van der Waals surface area contributed by atoms with E-state index in [1.807, 2.05) is 17.5 Å². The van der Waals surface area contributed by atoms with Crippen molar-refractivity contribution in [1.29, 1.82) is 0 Å². The minimum Gasteiger partial charge on any atom is -0.467 e. The second-order valence-electron chi connectivity index (χ2n) is 6.47. The first-order valence-electron chi connectivity index (χ1n) is 9.27. The van der Waals surface area contributed by atoms with Gasteiger partial charge in [-0.05, 0) is 35.2 Å². The Morgan fingerprint density at radius 1 is 1.10 bits per heavy atom. The van der Waals surface area contributed by atoms with E-state index in [2.05, 4.69) is 15.4 Å². The number of carbonyl (C=O) groups is 2. The van der Waals surface area contributed by atoms with Gasteiger partial charge >= 0.3 is 5.97 Å². The molecule has 1 amide bonds. The maximum absolute atomic E-state index is 13.8. The summed E-state index contributed by atoms with van der Waals surface area (Å²) in [5.41, 5.74) is 0.980. The van der Waals surface area contributed by atoms with Gasteiger partial charge in [0.25, 0.3) is 5.91 Å². The fraction of sp³-hybridized carbons (Fsp3) is 0.0909. The number of rotatable bonds is 6. The van der Waals surface area contributed by atoms with Crippen molar-refractivity contribution in [2.45, 2.75) is 6.04 Å². The van der Waals surface area contributed by atoms with Gasteiger partial charge in [-0.15, -0.1) is 16.4 Å². The van der Waals surface area contributed by atoms with Gasteiger partial charge in [-0.1, -0.05) is 42.5 Å². The third-order valence-corrected chi connectivity index (χ3v) is 5.32. The van der Waals surface area contributed by atoms with Crippen molar-refractivity contribution in [2.75, 3.05) is 7.11 Å². The molecule has 2 aromatic heterocycles. The molecule has 0 aliphatic heterocycles. The topological polar surface area (TPSA) is 86.1 Å². The Bertz CT molecular complexity index is 1210. The molecule has 0 saturated carbocycles. The fourth-order valence-electron chi connectivity index (χ4n) is 3.00. The van der Waals surface area contributed by atoms with E-state index in [4.69, 9.17) is 4.74 Å². The Morgan fingerprint density at radius 3 is 2.58 bits per heavy atom. The van der Waals surface area contributed by atoms with Crippen molar-refractivity contribution in [2.24, 2.45) is 0 Å². The number of esters is 1. The highest BCUT2D eigenvalue weighted by Crippen LogP contribution is 2.26. The molecule has 156 valence electrons. The number of nitrogens with zero attached hydrogens (tertiary/aromatic N) is 3. The van der Waals surface area contributed by atoms with Gasteiger partial charge in [0, 0.05) is 0 Å². The Balaban J connectivity index is 1.71. The Kier molecular flexibility index (Phi) is 5.85. The third-order valence-electron chi connectivity index (χ3n) is 4.45. The molecular formula is C22H17FN4O3S. The van der Waals surface area contributed by atoms with Gasteiger partial charge < -0.3 is 10.1 Å². The predicted octanol–water partition coefficient (Wildman–Crippen LogP) is 3.78. The van der Waals surface area contributed by atoms with Crippen LogP contribution in [0.4, 0.5) is 4.39 Å². The summed E-state index contributed by atoms with van der Waals surface area (Å²) in [5.74, 6) is -1.49. The van der Waals surface area contributed by atoms with Gasteiger partial charge in [-0.25, -0.2) is 18.9 Å². The van der Waals surface area contributed by atoms with E-state index < -0.39 is 23.7 Å². The average Bonchev–Trinajstić information content (AvgIpc) is 3.47. The summed E-state index contributed by atoms with van der Waals surface area (Å²) in [4.78, 5) is 30.3. The van der Waals surface area contributed by atoms with Crippen LogP contribution in [0.2, 0.25) is 0 Å². The minimum absolute atomic E-state index is 0.155. The van der Waals surface area contributed by atoms with Gasteiger partial charge in [0.15, 0.2) is 11.9 Å². The zero-order chi connectivity index (χ0) is 21.8. The van der Waals surface area contributed by atoms with Crippen molar-refractivity contribution < 1.29 is 18.7 Å². The molecule has 7 nitrogen and oxygen atoms in total. The zero-order valence-electron chi connectivity index (χ0n) is 16.4. The van der Waals surface area contributed by atoms with E-state index in [1.165, 1.54) is 35.3 Å². The van der Waals surface area contributed by atoms with Crippen molar-refractivity contribution in [3.63, 3.8) is 0 Å². The fourth-order valence-corrected chi connectivity index (χ4v) is 3.70. The standard InChI is InChI=1S/C22H17FN4O3S/c1-30-22(29)18(14-7-3-2-4-8-14)24-21(28)19-25-20(17-11-6-12-31-17)27(26-19)16-10-5-9-15(23)13-16/h2-13,18H,1H3,(H,24,28). The normalized spacial score (nSPS) is 11.7. The van der Waals surface area contributed by atoms with Crippen molar-refractivity contribution in [1.82, 2.24) is 20.1 Å². The minimum atomic E-state index is -1.02. The van der Waals surface area contributed by atoms with Crippen LogP contribution in [0.5, 0.6) is 0 Å². The molecule has 2 heterocycles. The van der Waals surface area contributed by atoms with Crippen LogP contribution in [0.25, 0.3) is 16.4 Å². The number of thiophene rings is 1. The van der Waals surface area contributed by atoms with Gasteiger partial charge in [0.05, 0.1) is 17.7 Å². The van der Waals surface area contributed by atoms with Gasteiger partial charge in [-0.2, -0.15) is 0 Å². The lowest BCUT2D eigenvalue weighted by molar-refractivity contribution is -0.143. The number of ether oxygens (including phenoxy) is 1. The number of benzene rings is 2. The van der Waals surface area contributed by atoms with Gasteiger partial charge in [0.2, 0.25) is 5.82 Å². The summed E-state index contributed by atoms with van der Waals surface area (Å²) >= 11 is 1.41. The molecule has 4 rings (SSSR count). The molecule has 0 aliphatic rings. The number of carbonyl (C=O) groups excluding carboxylic acids is 2. The predicted molar refractivity (Wildman–Crippen MR) is 113 cm³/mol. The highest BCUT2D eigenvalue weighted by molar-refractivity contribution is 7.13. The first kappa shape index (κ1) is 20.4. The molecule has 0 aliphatic carbocycles. The Labute approximate surface area is 181 Å². The van der Waals surface area contributed by atoms with E-state index in [1.54, 1.807) is 42.5 Å². The summed E-state index contributed by atoms with van der Waals surface area (Å²) in [6.45, 7) is 0. The summed E-state index contributed by atoms with van der Waals surface area (Å²) in [6, 6.07) is 17.2. The van der Waals surface area contributed by atoms with Crippen molar-refractivity contribution in [3.05, 3.63) is 89.3 Å². The molecule has 1 N–H and O–H groups in total. The van der Waals surface area contributed by atoms with Crippen LogP contribution >= 0.6 is 11.3 Å². The molecule has 31 heavy (non-hydrogen) atoms. The zero-order valence-corrected chi connectivity index (χ0v) is 17.2. The lowest BCUT2D eigenvalue weighted by atomic mass is 10.1. The average molecular weight is 436 g/mol. The molecule has 0 spiro atoms. The molecule has 4 aromatic rings. The molecule has 0 bridgehead atoms. The number of amides is 1. The number of aromatic nitrogens is 3. The summed E-state index contributed by atoms with van der Waals surface area (Å²) in [7, 11) is 1.25. The second-order valence-corrected chi connectivity index (χ2v) is 7.42. The van der Waals surface area contributed by atoms with Crippen molar-refractivity contribution in [3.8, 4) is 16.4 Å². The maximum Gasteiger partial charge on any atom is 0.333 e. The molecule has 1 atom stereocenters. The number of nitrogens with one attached hydrogen (secondary N) is 1. The van der Waals surface area contributed by atoms with Gasteiger partial charge in [0.1, 0.15) is 5.82 Å².